The van der Waals surface area contributed by atoms with Gasteiger partial charge in [0.1, 0.15) is 5.82 Å². The van der Waals surface area contributed by atoms with Crippen LogP contribution in [0.2, 0.25) is 0 Å². The van der Waals surface area contributed by atoms with Gasteiger partial charge < -0.3 is 0 Å². The molecule has 0 saturated carbocycles. The third kappa shape index (κ3) is 3.44. The molecule has 0 atom stereocenters. The predicted octanol–water partition coefficient (Wildman–Crippen LogP) is 4.80. The molecular formula is C24H20N2O. The molecule has 0 N–H and O–H groups in total. The van der Waals surface area contributed by atoms with Crippen LogP contribution in [0.1, 0.15) is 16.8 Å². The summed E-state index contributed by atoms with van der Waals surface area (Å²) in [6.07, 6.45) is 0.570. The highest BCUT2D eigenvalue weighted by molar-refractivity contribution is 5.59. The van der Waals surface area contributed by atoms with Crippen LogP contribution in [0.3, 0.4) is 0 Å². The SMILES string of the molecule is Cc1nc(-c2ccccc2)n(-c2ccccc2)c(=O)c1Cc1ccccc1. The second-order valence-electron chi connectivity index (χ2n) is 6.50. The maximum Gasteiger partial charge on any atom is 0.262 e. The lowest BCUT2D eigenvalue weighted by Gasteiger charge is -2.16. The molecule has 0 radical (unpaired) electrons. The minimum Gasteiger partial charge on any atom is -0.269 e. The monoisotopic (exact) mass is 352 g/mol. The van der Waals surface area contributed by atoms with Crippen LogP contribution in [0.5, 0.6) is 0 Å². The van der Waals surface area contributed by atoms with Gasteiger partial charge in [-0.15, -0.1) is 0 Å². The zero-order valence-corrected chi connectivity index (χ0v) is 15.2. The topological polar surface area (TPSA) is 34.9 Å². The Morgan fingerprint density at radius 1 is 0.778 bits per heavy atom. The van der Waals surface area contributed by atoms with Crippen molar-refractivity contribution < 1.29 is 0 Å². The van der Waals surface area contributed by atoms with Crippen molar-refractivity contribution in [2.75, 3.05) is 0 Å². The van der Waals surface area contributed by atoms with Gasteiger partial charge in [0.25, 0.3) is 5.56 Å². The summed E-state index contributed by atoms with van der Waals surface area (Å²) in [7, 11) is 0. The molecule has 0 aliphatic heterocycles. The Morgan fingerprint density at radius 3 is 1.96 bits per heavy atom. The fourth-order valence-corrected chi connectivity index (χ4v) is 3.26. The van der Waals surface area contributed by atoms with Crippen molar-refractivity contribution in [3.63, 3.8) is 0 Å². The third-order valence-electron chi connectivity index (χ3n) is 4.65. The van der Waals surface area contributed by atoms with Crippen LogP contribution in [0.25, 0.3) is 17.1 Å². The van der Waals surface area contributed by atoms with Gasteiger partial charge in [-0.2, -0.15) is 0 Å². The van der Waals surface area contributed by atoms with Crippen molar-refractivity contribution in [3.05, 3.63) is 118 Å². The van der Waals surface area contributed by atoms with Crippen molar-refractivity contribution in [1.82, 2.24) is 9.55 Å². The standard InChI is InChI=1S/C24H20N2O/c1-18-22(17-19-11-5-2-6-12-19)24(27)26(21-15-9-4-10-16-21)23(25-18)20-13-7-3-8-14-20/h2-16H,17H2,1H3. The molecule has 0 saturated heterocycles. The van der Waals surface area contributed by atoms with Gasteiger partial charge in [-0.05, 0) is 24.6 Å². The van der Waals surface area contributed by atoms with Crippen molar-refractivity contribution in [2.45, 2.75) is 13.3 Å². The number of hydrogen-bond donors (Lipinski definition) is 0. The number of aromatic nitrogens is 2. The second-order valence-corrected chi connectivity index (χ2v) is 6.50. The number of hydrogen-bond acceptors (Lipinski definition) is 2. The average Bonchev–Trinajstić information content (AvgIpc) is 2.73. The lowest BCUT2D eigenvalue weighted by Crippen LogP contribution is -2.27. The van der Waals surface area contributed by atoms with Gasteiger partial charge in [0.2, 0.25) is 0 Å². The molecule has 0 amide bonds. The van der Waals surface area contributed by atoms with Gasteiger partial charge in [0.15, 0.2) is 0 Å². The first-order valence-corrected chi connectivity index (χ1v) is 9.01. The lowest BCUT2D eigenvalue weighted by molar-refractivity contribution is 0.886. The maximum absolute atomic E-state index is 13.5. The summed E-state index contributed by atoms with van der Waals surface area (Å²) >= 11 is 0. The molecular weight excluding hydrogens is 332 g/mol. The zero-order chi connectivity index (χ0) is 18.6. The van der Waals surface area contributed by atoms with Crippen LogP contribution in [0.15, 0.2) is 95.8 Å². The van der Waals surface area contributed by atoms with E-state index in [0.29, 0.717) is 12.2 Å². The Labute approximate surface area is 158 Å². The average molecular weight is 352 g/mol. The number of nitrogens with zero attached hydrogens (tertiary/aromatic N) is 2. The van der Waals surface area contributed by atoms with Crippen LogP contribution in [0.4, 0.5) is 0 Å². The molecule has 0 unspecified atom stereocenters. The minimum atomic E-state index is -0.0172. The number of para-hydroxylation sites is 1. The fourth-order valence-electron chi connectivity index (χ4n) is 3.26. The van der Waals surface area contributed by atoms with E-state index in [-0.39, 0.29) is 5.56 Å². The van der Waals surface area contributed by atoms with Crippen LogP contribution >= 0.6 is 0 Å². The van der Waals surface area contributed by atoms with Gasteiger partial charge in [-0.25, -0.2) is 4.98 Å². The summed E-state index contributed by atoms with van der Waals surface area (Å²) < 4.78 is 1.72. The second kappa shape index (κ2) is 7.42. The molecule has 3 nitrogen and oxygen atoms in total. The smallest absolute Gasteiger partial charge is 0.262 e. The van der Waals surface area contributed by atoms with Crippen LogP contribution in [0, 0.1) is 6.92 Å². The fraction of sp³-hybridized carbons (Fsp3) is 0.0833. The minimum absolute atomic E-state index is 0.0172. The predicted molar refractivity (Wildman–Crippen MR) is 109 cm³/mol. The molecule has 3 aromatic carbocycles. The Bertz CT molecular complexity index is 1100. The van der Waals surface area contributed by atoms with E-state index >= 15 is 0 Å². The first kappa shape index (κ1) is 17.0. The van der Waals surface area contributed by atoms with Gasteiger partial charge in [0, 0.05) is 23.2 Å². The van der Waals surface area contributed by atoms with Gasteiger partial charge in [-0.3, -0.25) is 9.36 Å². The van der Waals surface area contributed by atoms with Crippen LogP contribution < -0.4 is 5.56 Å². The first-order valence-electron chi connectivity index (χ1n) is 9.01. The highest BCUT2D eigenvalue weighted by atomic mass is 16.1. The Balaban J connectivity index is 1.95. The summed E-state index contributed by atoms with van der Waals surface area (Å²) in [6, 6.07) is 29.6. The summed E-state index contributed by atoms with van der Waals surface area (Å²) in [5.74, 6) is 0.668. The summed E-state index contributed by atoms with van der Waals surface area (Å²) in [4.78, 5) is 18.4. The van der Waals surface area contributed by atoms with Crippen molar-refractivity contribution in [3.8, 4) is 17.1 Å². The quantitative estimate of drug-likeness (QED) is 0.529. The van der Waals surface area contributed by atoms with Crippen molar-refractivity contribution in [2.24, 2.45) is 0 Å². The molecule has 0 aliphatic rings. The Morgan fingerprint density at radius 2 is 1.33 bits per heavy atom. The molecule has 0 bridgehead atoms. The largest absolute Gasteiger partial charge is 0.269 e. The third-order valence-corrected chi connectivity index (χ3v) is 4.65. The van der Waals surface area contributed by atoms with Gasteiger partial charge in [-0.1, -0.05) is 78.9 Å². The number of aryl methyl sites for hydroxylation is 1. The van der Waals surface area contributed by atoms with E-state index < -0.39 is 0 Å². The number of benzene rings is 3. The maximum atomic E-state index is 13.5. The van der Waals surface area contributed by atoms with E-state index in [2.05, 4.69) is 0 Å². The van der Waals surface area contributed by atoms with E-state index in [1.54, 1.807) is 4.57 Å². The van der Waals surface area contributed by atoms with E-state index in [1.165, 1.54) is 0 Å². The summed E-state index contributed by atoms with van der Waals surface area (Å²) in [6.45, 7) is 1.92. The molecule has 1 heterocycles. The Kier molecular flexibility index (Phi) is 4.67. The number of rotatable bonds is 4. The summed E-state index contributed by atoms with van der Waals surface area (Å²) in [5.41, 5.74) is 4.33. The van der Waals surface area contributed by atoms with Crippen LogP contribution in [-0.2, 0) is 6.42 Å². The van der Waals surface area contributed by atoms with E-state index in [9.17, 15) is 4.79 Å². The van der Waals surface area contributed by atoms with Gasteiger partial charge >= 0.3 is 0 Å². The van der Waals surface area contributed by atoms with Gasteiger partial charge in [0.05, 0.1) is 5.69 Å². The van der Waals surface area contributed by atoms with E-state index in [1.807, 2.05) is 97.9 Å². The van der Waals surface area contributed by atoms with Crippen LogP contribution in [-0.4, -0.2) is 9.55 Å². The van der Waals surface area contributed by atoms with Crippen molar-refractivity contribution in [1.29, 1.82) is 0 Å². The highest BCUT2D eigenvalue weighted by Crippen LogP contribution is 2.21. The first-order chi connectivity index (χ1) is 13.2. The molecule has 3 heteroatoms. The molecule has 4 rings (SSSR count). The molecule has 4 aromatic rings. The molecule has 132 valence electrons. The molecule has 27 heavy (non-hydrogen) atoms. The normalized spacial score (nSPS) is 10.7. The van der Waals surface area contributed by atoms with Crippen molar-refractivity contribution >= 4 is 0 Å². The molecule has 0 spiro atoms. The highest BCUT2D eigenvalue weighted by Gasteiger charge is 2.17. The molecule has 0 aliphatic carbocycles. The summed E-state index contributed by atoms with van der Waals surface area (Å²) in [5, 5.41) is 0. The van der Waals surface area contributed by atoms with E-state index in [4.69, 9.17) is 4.98 Å². The molecule has 0 fully saturated rings. The molecule has 1 aromatic heterocycles. The zero-order valence-electron chi connectivity index (χ0n) is 15.2. The lowest BCUT2D eigenvalue weighted by atomic mass is 10.0. The Hall–Kier alpha value is -3.46. The van der Waals surface area contributed by atoms with E-state index in [0.717, 1.165) is 28.1 Å².